The van der Waals surface area contributed by atoms with E-state index >= 15 is 0 Å². The molecule has 0 atom stereocenters. The van der Waals surface area contributed by atoms with Crippen LogP contribution < -0.4 is 20.9 Å². The molecule has 0 spiro atoms. The van der Waals surface area contributed by atoms with Gasteiger partial charge in [0, 0.05) is 11.8 Å². The van der Waals surface area contributed by atoms with E-state index in [1.807, 2.05) is 6.92 Å². The Morgan fingerprint density at radius 1 is 1.19 bits per heavy atom. The molecule has 6 heteroatoms. The van der Waals surface area contributed by atoms with E-state index in [-0.39, 0.29) is 17.0 Å². The van der Waals surface area contributed by atoms with Gasteiger partial charge < -0.3 is 20.9 Å². The highest BCUT2D eigenvalue weighted by atomic mass is 19.1. The van der Waals surface area contributed by atoms with Crippen molar-refractivity contribution < 1.29 is 18.7 Å². The number of anilines is 1. The van der Waals surface area contributed by atoms with E-state index in [2.05, 4.69) is 0 Å². The number of benzene rings is 2. The van der Waals surface area contributed by atoms with Crippen LogP contribution in [0.15, 0.2) is 36.4 Å². The summed E-state index contributed by atoms with van der Waals surface area (Å²) in [7, 11) is 0. The average Bonchev–Trinajstić information content (AvgIpc) is 2.43. The summed E-state index contributed by atoms with van der Waals surface area (Å²) in [5.74, 6) is -0.792. The Kier molecular flexibility index (Phi) is 4.27. The molecule has 2 rings (SSSR count). The topological polar surface area (TPSA) is 87.6 Å². The Morgan fingerprint density at radius 3 is 2.48 bits per heavy atom. The minimum absolute atomic E-state index is 0.000269. The summed E-state index contributed by atoms with van der Waals surface area (Å²) in [6, 6.07) is 9.00. The number of hydrogen-bond donors (Lipinski definition) is 2. The van der Waals surface area contributed by atoms with E-state index < -0.39 is 11.7 Å². The van der Waals surface area contributed by atoms with Crippen molar-refractivity contribution >= 4 is 11.6 Å². The molecule has 2 aromatic carbocycles. The monoisotopic (exact) mass is 290 g/mol. The number of nitrogen functional groups attached to an aromatic ring is 1. The van der Waals surface area contributed by atoms with Gasteiger partial charge in [-0.05, 0) is 25.1 Å². The number of hydrogen-bond acceptors (Lipinski definition) is 4. The average molecular weight is 290 g/mol. The van der Waals surface area contributed by atoms with Gasteiger partial charge in [0.25, 0.3) is 5.91 Å². The molecule has 5 nitrogen and oxygen atoms in total. The third-order valence-electron chi connectivity index (χ3n) is 2.74. The Balaban J connectivity index is 2.40. The maximum atomic E-state index is 13.9. The summed E-state index contributed by atoms with van der Waals surface area (Å²) in [6.07, 6.45) is 0. The second-order valence-electron chi connectivity index (χ2n) is 4.22. The van der Waals surface area contributed by atoms with E-state index in [4.69, 9.17) is 20.9 Å². The normalized spacial score (nSPS) is 10.2. The number of halogens is 1. The third-order valence-corrected chi connectivity index (χ3v) is 2.74. The number of amides is 1. The van der Waals surface area contributed by atoms with Crippen LogP contribution in [0, 0.1) is 5.82 Å². The predicted octanol–water partition coefficient (Wildman–Crippen LogP) is 2.70. The number of primary amides is 1. The third kappa shape index (κ3) is 3.22. The smallest absolute Gasteiger partial charge is 0.250 e. The van der Waals surface area contributed by atoms with Crippen molar-refractivity contribution in [3.05, 3.63) is 47.8 Å². The standard InChI is InChI=1S/C15H15FN2O3/c1-2-20-12-5-3-4-6-13(12)21-14-7-9(15(18)19)11(17)8-10(14)16/h3-8H,2,17H2,1H3,(H2,18,19). The number of carbonyl (C=O) groups excluding carboxylic acids is 1. The molecule has 4 N–H and O–H groups in total. The number of nitrogens with two attached hydrogens (primary N) is 2. The van der Waals surface area contributed by atoms with Crippen LogP contribution in [0.1, 0.15) is 17.3 Å². The fraction of sp³-hybridized carbons (Fsp3) is 0.133. The molecule has 21 heavy (non-hydrogen) atoms. The van der Waals surface area contributed by atoms with Crippen molar-refractivity contribution in [2.45, 2.75) is 6.92 Å². The first-order chi connectivity index (χ1) is 10.0. The molecule has 110 valence electrons. The lowest BCUT2D eigenvalue weighted by Gasteiger charge is -2.13. The molecule has 0 saturated heterocycles. The van der Waals surface area contributed by atoms with E-state index in [1.165, 1.54) is 6.07 Å². The quantitative estimate of drug-likeness (QED) is 0.829. The first-order valence-corrected chi connectivity index (χ1v) is 6.31. The first kappa shape index (κ1) is 14.6. The van der Waals surface area contributed by atoms with Crippen LogP contribution in [0.3, 0.4) is 0 Å². The van der Waals surface area contributed by atoms with Gasteiger partial charge in [-0.15, -0.1) is 0 Å². The van der Waals surface area contributed by atoms with Gasteiger partial charge in [0.2, 0.25) is 0 Å². The molecule has 0 bridgehead atoms. The van der Waals surface area contributed by atoms with Gasteiger partial charge in [-0.2, -0.15) is 0 Å². The summed E-state index contributed by atoms with van der Waals surface area (Å²) < 4.78 is 24.8. The van der Waals surface area contributed by atoms with E-state index in [9.17, 15) is 9.18 Å². The molecule has 0 aromatic heterocycles. The van der Waals surface area contributed by atoms with Crippen molar-refractivity contribution in [3.63, 3.8) is 0 Å². The minimum Gasteiger partial charge on any atom is -0.490 e. The lowest BCUT2D eigenvalue weighted by atomic mass is 10.1. The van der Waals surface area contributed by atoms with Crippen molar-refractivity contribution in [1.29, 1.82) is 0 Å². The largest absolute Gasteiger partial charge is 0.490 e. The highest BCUT2D eigenvalue weighted by Crippen LogP contribution is 2.34. The minimum atomic E-state index is -0.754. The van der Waals surface area contributed by atoms with Crippen molar-refractivity contribution in [2.24, 2.45) is 5.73 Å². The molecule has 0 unspecified atom stereocenters. The van der Waals surface area contributed by atoms with E-state index in [0.29, 0.717) is 18.1 Å². The van der Waals surface area contributed by atoms with E-state index in [1.54, 1.807) is 24.3 Å². The molecule has 2 aromatic rings. The molecule has 0 heterocycles. The van der Waals surface area contributed by atoms with Crippen LogP contribution in [0.5, 0.6) is 17.2 Å². The summed E-state index contributed by atoms with van der Waals surface area (Å²) in [5.41, 5.74) is 10.7. The zero-order chi connectivity index (χ0) is 15.4. The second-order valence-corrected chi connectivity index (χ2v) is 4.22. The first-order valence-electron chi connectivity index (χ1n) is 6.31. The van der Waals surface area contributed by atoms with Gasteiger partial charge in [-0.3, -0.25) is 4.79 Å². The Morgan fingerprint density at radius 2 is 1.86 bits per heavy atom. The van der Waals surface area contributed by atoms with Crippen molar-refractivity contribution in [3.8, 4) is 17.2 Å². The fourth-order valence-electron chi connectivity index (χ4n) is 1.79. The van der Waals surface area contributed by atoms with Gasteiger partial charge >= 0.3 is 0 Å². The lowest BCUT2D eigenvalue weighted by molar-refractivity contribution is 0.100. The summed E-state index contributed by atoms with van der Waals surface area (Å²) >= 11 is 0. The number of ether oxygens (including phenoxy) is 2. The van der Waals surface area contributed by atoms with Crippen molar-refractivity contribution in [1.82, 2.24) is 0 Å². The molecule has 0 saturated carbocycles. The number of rotatable bonds is 5. The molecular formula is C15H15FN2O3. The zero-order valence-corrected chi connectivity index (χ0v) is 11.4. The maximum absolute atomic E-state index is 13.9. The van der Waals surface area contributed by atoms with Crippen molar-refractivity contribution in [2.75, 3.05) is 12.3 Å². The predicted molar refractivity (Wildman–Crippen MR) is 77.0 cm³/mol. The van der Waals surface area contributed by atoms with Crippen LogP contribution in [-0.2, 0) is 0 Å². The second kappa shape index (κ2) is 6.13. The van der Waals surface area contributed by atoms with Gasteiger partial charge in [0.05, 0.1) is 12.2 Å². The van der Waals surface area contributed by atoms with Gasteiger partial charge in [0.15, 0.2) is 23.1 Å². The van der Waals surface area contributed by atoms with Crippen LogP contribution in [0.25, 0.3) is 0 Å². The Hall–Kier alpha value is -2.76. The van der Waals surface area contributed by atoms with Crippen LogP contribution in [0.4, 0.5) is 10.1 Å². The highest BCUT2D eigenvalue weighted by Gasteiger charge is 2.15. The van der Waals surface area contributed by atoms with E-state index in [0.717, 1.165) is 6.07 Å². The Bertz CT molecular complexity index is 674. The fourth-order valence-corrected chi connectivity index (χ4v) is 1.79. The molecular weight excluding hydrogens is 275 g/mol. The van der Waals surface area contributed by atoms with Gasteiger partial charge in [-0.25, -0.2) is 4.39 Å². The van der Waals surface area contributed by atoms with Gasteiger partial charge in [-0.1, -0.05) is 12.1 Å². The molecule has 1 amide bonds. The summed E-state index contributed by atoms with van der Waals surface area (Å²) in [5, 5.41) is 0. The lowest BCUT2D eigenvalue weighted by Crippen LogP contribution is -2.14. The molecule has 0 radical (unpaired) electrons. The maximum Gasteiger partial charge on any atom is 0.250 e. The van der Waals surface area contributed by atoms with Gasteiger partial charge in [0.1, 0.15) is 0 Å². The zero-order valence-electron chi connectivity index (χ0n) is 11.4. The number of carbonyl (C=O) groups is 1. The SMILES string of the molecule is CCOc1ccccc1Oc1cc(C(N)=O)c(N)cc1F. The van der Waals surface area contributed by atoms with Crippen LogP contribution in [0.2, 0.25) is 0 Å². The molecule has 0 aliphatic rings. The Labute approximate surface area is 121 Å². The highest BCUT2D eigenvalue weighted by molar-refractivity contribution is 5.98. The summed E-state index contributed by atoms with van der Waals surface area (Å²) in [6.45, 7) is 2.27. The molecule has 0 fully saturated rings. The summed E-state index contributed by atoms with van der Waals surface area (Å²) in [4.78, 5) is 11.2. The number of para-hydroxylation sites is 2. The van der Waals surface area contributed by atoms with Crippen LogP contribution >= 0.6 is 0 Å². The van der Waals surface area contributed by atoms with Crippen LogP contribution in [-0.4, -0.2) is 12.5 Å². The molecule has 0 aliphatic carbocycles. The molecule has 0 aliphatic heterocycles.